The fourth-order valence-corrected chi connectivity index (χ4v) is 2.50. The Morgan fingerprint density at radius 1 is 1.10 bits per heavy atom. The number of aromatic nitrogens is 1. The van der Waals surface area contributed by atoms with Crippen LogP contribution < -0.4 is 10.5 Å². The SMILES string of the molecule is Nc1ccc2c(OCc3cccc(Br)c3)ccnc2c1. The standard InChI is InChI=1S/C16H13BrN2O/c17-12-3-1-2-11(8-12)10-20-16-6-7-19-15-9-13(18)4-5-14(15)16/h1-9H,10,18H2. The summed E-state index contributed by atoms with van der Waals surface area (Å²) in [7, 11) is 0. The predicted molar refractivity (Wildman–Crippen MR) is 84.6 cm³/mol. The molecule has 0 aliphatic heterocycles. The summed E-state index contributed by atoms with van der Waals surface area (Å²) in [5.74, 6) is 0.815. The molecular weight excluding hydrogens is 316 g/mol. The van der Waals surface area contributed by atoms with Gasteiger partial charge in [0.25, 0.3) is 0 Å². The van der Waals surface area contributed by atoms with Crippen molar-refractivity contribution in [3.05, 3.63) is 64.8 Å². The summed E-state index contributed by atoms with van der Waals surface area (Å²) >= 11 is 3.46. The molecule has 0 spiro atoms. The third-order valence-corrected chi connectivity index (χ3v) is 3.50. The Labute approximate surface area is 125 Å². The number of halogens is 1. The maximum Gasteiger partial charge on any atom is 0.130 e. The molecule has 0 atom stereocenters. The zero-order valence-electron chi connectivity index (χ0n) is 10.7. The van der Waals surface area contributed by atoms with Crippen LogP contribution in [0, 0.1) is 0 Å². The van der Waals surface area contributed by atoms with E-state index in [1.807, 2.05) is 48.5 Å². The minimum absolute atomic E-state index is 0.517. The zero-order chi connectivity index (χ0) is 13.9. The van der Waals surface area contributed by atoms with Crippen LogP contribution in [0.1, 0.15) is 5.56 Å². The van der Waals surface area contributed by atoms with Gasteiger partial charge in [-0.1, -0.05) is 28.1 Å². The lowest BCUT2D eigenvalue weighted by Gasteiger charge is -2.09. The van der Waals surface area contributed by atoms with Crippen molar-refractivity contribution in [1.29, 1.82) is 0 Å². The molecule has 4 heteroatoms. The minimum atomic E-state index is 0.517. The number of pyridine rings is 1. The molecule has 0 saturated heterocycles. The molecule has 3 aromatic rings. The van der Waals surface area contributed by atoms with E-state index in [-0.39, 0.29) is 0 Å². The molecule has 2 N–H and O–H groups in total. The number of benzene rings is 2. The van der Waals surface area contributed by atoms with E-state index in [2.05, 4.69) is 20.9 Å². The minimum Gasteiger partial charge on any atom is -0.488 e. The van der Waals surface area contributed by atoms with E-state index in [1.165, 1.54) is 0 Å². The van der Waals surface area contributed by atoms with E-state index >= 15 is 0 Å². The largest absolute Gasteiger partial charge is 0.488 e. The highest BCUT2D eigenvalue weighted by atomic mass is 79.9. The molecule has 0 aliphatic rings. The molecule has 2 aromatic carbocycles. The molecule has 0 fully saturated rings. The summed E-state index contributed by atoms with van der Waals surface area (Å²) in [6.07, 6.45) is 1.73. The molecule has 1 heterocycles. The van der Waals surface area contributed by atoms with Crippen LogP contribution in [-0.4, -0.2) is 4.98 Å². The first-order valence-corrected chi connectivity index (χ1v) is 7.03. The number of hydrogen-bond donors (Lipinski definition) is 1. The van der Waals surface area contributed by atoms with Gasteiger partial charge in [0.15, 0.2) is 0 Å². The first-order valence-electron chi connectivity index (χ1n) is 6.24. The van der Waals surface area contributed by atoms with E-state index in [1.54, 1.807) is 6.20 Å². The second kappa shape index (κ2) is 5.51. The third kappa shape index (κ3) is 2.75. The fraction of sp³-hybridized carbons (Fsp3) is 0.0625. The van der Waals surface area contributed by atoms with E-state index in [4.69, 9.17) is 10.5 Å². The molecule has 0 aliphatic carbocycles. The van der Waals surface area contributed by atoms with Gasteiger partial charge in [0.05, 0.1) is 5.52 Å². The monoisotopic (exact) mass is 328 g/mol. The van der Waals surface area contributed by atoms with Crippen molar-refractivity contribution < 1.29 is 4.74 Å². The average Bonchev–Trinajstić information content (AvgIpc) is 2.44. The van der Waals surface area contributed by atoms with Gasteiger partial charge in [-0.2, -0.15) is 0 Å². The van der Waals surface area contributed by atoms with E-state index in [0.29, 0.717) is 12.3 Å². The quantitative estimate of drug-likeness (QED) is 0.734. The second-order valence-corrected chi connectivity index (χ2v) is 5.42. The van der Waals surface area contributed by atoms with E-state index in [0.717, 1.165) is 26.7 Å². The third-order valence-electron chi connectivity index (χ3n) is 3.01. The van der Waals surface area contributed by atoms with Crippen LogP contribution in [0.2, 0.25) is 0 Å². The van der Waals surface area contributed by atoms with Crippen molar-refractivity contribution in [3.63, 3.8) is 0 Å². The van der Waals surface area contributed by atoms with E-state index < -0.39 is 0 Å². The van der Waals surface area contributed by atoms with Gasteiger partial charge >= 0.3 is 0 Å². The van der Waals surface area contributed by atoms with Gasteiger partial charge in [-0.15, -0.1) is 0 Å². The van der Waals surface area contributed by atoms with E-state index in [9.17, 15) is 0 Å². The maximum absolute atomic E-state index is 5.90. The Kier molecular flexibility index (Phi) is 3.56. The smallest absolute Gasteiger partial charge is 0.130 e. The normalized spacial score (nSPS) is 10.7. The summed E-state index contributed by atoms with van der Waals surface area (Å²) in [6.45, 7) is 0.517. The highest BCUT2D eigenvalue weighted by Crippen LogP contribution is 2.26. The number of nitrogens with zero attached hydrogens (tertiary/aromatic N) is 1. The summed E-state index contributed by atoms with van der Waals surface area (Å²) in [5.41, 5.74) is 8.43. The van der Waals surface area contributed by atoms with Gasteiger partial charge in [0.2, 0.25) is 0 Å². The fourth-order valence-electron chi connectivity index (χ4n) is 2.05. The topological polar surface area (TPSA) is 48.1 Å². The average molecular weight is 329 g/mol. The van der Waals surface area contributed by atoms with Gasteiger partial charge in [-0.25, -0.2) is 0 Å². The molecule has 0 unspecified atom stereocenters. The van der Waals surface area contributed by atoms with Crippen molar-refractivity contribution in [2.45, 2.75) is 6.61 Å². The molecule has 3 nitrogen and oxygen atoms in total. The van der Waals surface area contributed by atoms with Gasteiger partial charge in [-0.05, 0) is 42.0 Å². The van der Waals surface area contributed by atoms with Gasteiger partial charge < -0.3 is 10.5 Å². The number of rotatable bonds is 3. The first-order chi connectivity index (χ1) is 9.72. The van der Waals surface area contributed by atoms with Crippen LogP contribution in [0.25, 0.3) is 10.9 Å². The Morgan fingerprint density at radius 3 is 2.85 bits per heavy atom. The van der Waals surface area contributed by atoms with Crippen molar-refractivity contribution in [2.75, 3.05) is 5.73 Å². The zero-order valence-corrected chi connectivity index (χ0v) is 12.3. The molecule has 20 heavy (non-hydrogen) atoms. The number of hydrogen-bond acceptors (Lipinski definition) is 3. The van der Waals surface area contributed by atoms with Crippen LogP contribution in [0.4, 0.5) is 5.69 Å². The van der Waals surface area contributed by atoms with Crippen LogP contribution >= 0.6 is 15.9 Å². The summed E-state index contributed by atoms with van der Waals surface area (Å²) < 4.78 is 6.95. The molecule has 1 aromatic heterocycles. The Balaban J connectivity index is 1.87. The van der Waals surface area contributed by atoms with Gasteiger partial charge in [0, 0.05) is 21.7 Å². The number of anilines is 1. The summed E-state index contributed by atoms with van der Waals surface area (Å²) in [5, 5.41) is 0.969. The lowest BCUT2D eigenvalue weighted by Crippen LogP contribution is -1.97. The number of nitrogen functional groups attached to an aromatic ring is 1. The Morgan fingerprint density at radius 2 is 2.00 bits per heavy atom. The molecule has 0 amide bonds. The van der Waals surface area contributed by atoms with Crippen molar-refractivity contribution in [2.24, 2.45) is 0 Å². The number of nitrogens with two attached hydrogens (primary N) is 1. The molecule has 0 radical (unpaired) electrons. The highest BCUT2D eigenvalue weighted by molar-refractivity contribution is 9.10. The van der Waals surface area contributed by atoms with Crippen LogP contribution in [-0.2, 0) is 6.61 Å². The second-order valence-electron chi connectivity index (χ2n) is 4.50. The van der Waals surface area contributed by atoms with Crippen LogP contribution in [0.3, 0.4) is 0 Å². The highest BCUT2D eigenvalue weighted by Gasteiger charge is 2.04. The Hall–Kier alpha value is -2.07. The Bertz CT molecular complexity index is 758. The van der Waals surface area contributed by atoms with Gasteiger partial charge in [-0.3, -0.25) is 4.98 Å². The molecular formula is C16H13BrN2O. The lowest BCUT2D eigenvalue weighted by atomic mass is 10.2. The predicted octanol–water partition coefficient (Wildman–Crippen LogP) is 4.16. The maximum atomic E-state index is 5.90. The van der Waals surface area contributed by atoms with Crippen LogP contribution in [0.5, 0.6) is 5.75 Å². The van der Waals surface area contributed by atoms with Crippen LogP contribution in [0.15, 0.2) is 59.2 Å². The first kappa shape index (κ1) is 12.9. The molecule has 100 valence electrons. The molecule has 0 bridgehead atoms. The van der Waals surface area contributed by atoms with Crippen molar-refractivity contribution >= 4 is 32.5 Å². The van der Waals surface area contributed by atoms with Crippen molar-refractivity contribution in [1.82, 2.24) is 4.98 Å². The summed E-state index contributed by atoms with van der Waals surface area (Å²) in [4.78, 5) is 4.30. The van der Waals surface area contributed by atoms with Crippen molar-refractivity contribution in [3.8, 4) is 5.75 Å². The van der Waals surface area contributed by atoms with Gasteiger partial charge in [0.1, 0.15) is 12.4 Å². The molecule has 3 rings (SSSR count). The molecule has 0 saturated carbocycles. The number of fused-ring (bicyclic) bond motifs is 1. The lowest BCUT2D eigenvalue weighted by molar-refractivity contribution is 0.310. The number of ether oxygens (including phenoxy) is 1. The summed E-state index contributed by atoms with van der Waals surface area (Å²) in [6, 6.07) is 15.6.